The maximum absolute atomic E-state index is 6.16. The van der Waals surface area contributed by atoms with Crippen LogP contribution in [0.5, 0.6) is 0 Å². The van der Waals surface area contributed by atoms with Crippen molar-refractivity contribution >= 4 is 55.1 Å². The standard InChI is InChI=1S/C12H6Br2Cl2/c13-7-1-3-11(14)9(5-7)10-6-8(15)2-4-12(10)16/h1-6H. The van der Waals surface area contributed by atoms with Crippen molar-refractivity contribution in [2.75, 3.05) is 0 Å². The van der Waals surface area contributed by atoms with Crippen molar-refractivity contribution in [3.8, 4) is 11.1 Å². The second-order valence-corrected chi connectivity index (χ2v) is 5.86. The maximum atomic E-state index is 6.16. The first kappa shape index (κ1) is 12.4. The lowest BCUT2D eigenvalue weighted by Gasteiger charge is -2.08. The van der Waals surface area contributed by atoms with Crippen molar-refractivity contribution in [3.63, 3.8) is 0 Å². The van der Waals surface area contributed by atoms with Crippen LogP contribution in [-0.4, -0.2) is 0 Å². The van der Waals surface area contributed by atoms with E-state index in [9.17, 15) is 0 Å². The molecule has 0 saturated heterocycles. The predicted octanol–water partition coefficient (Wildman–Crippen LogP) is 6.19. The summed E-state index contributed by atoms with van der Waals surface area (Å²) >= 11 is 19.1. The highest BCUT2D eigenvalue weighted by Crippen LogP contribution is 2.36. The Morgan fingerprint density at radius 3 is 2.31 bits per heavy atom. The van der Waals surface area contributed by atoms with Crippen molar-refractivity contribution in [2.45, 2.75) is 0 Å². The van der Waals surface area contributed by atoms with Gasteiger partial charge < -0.3 is 0 Å². The molecule has 0 fully saturated rings. The fraction of sp³-hybridized carbons (Fsp3) is 0. The summed E-state index contributed by atoms with van der Waals surface area (Å²) in [5.41, 5.74) is 1.93. The van der Waals surface area contributed by atoms with Gasteiger partial charge in [-0.05, 0) is 42.0 Å². The van der Waals surface area contributed by atoms with Gasteiger partial charge in [-0.15, -0.1) is 0 Å². The van der Waals surface area contributed by atoms with Gasteiger partial charge in [0.1, 0.15) is 0 Å². The van der Waals surface area contributed by atoms with E-state index in [0.717, 1.165) is 20.1 Å². The van der Waals surface area contributed by atoms with E-state index in [1.165, 1.54) is 0 Å². The average molecular weight is 381 g/mol. The summed E-state index contributed by atoms with van der Waals surface area (Å²) < 4.78 is 1.99. The Morgan fingerprint density at radius 1 is 0.812 bits per heavy atom. The van der Waals surface area contributed by atoms with E-state index in [2.05, 4.69) is 31.9 Å². The van der Waals surface area contributed by atoms with Crippen LogP contribution < -0.4 is 0 Å². The van der Waals surface area contributed by atoms with E-state index in [4.69, 9.17) is 23.2 Å². The minimum Gasteiger partial charge on any atom is -0.0843 e. The van der Waals surface area contributed by atoms with Crippen LogP contribution in [0.1, 0.15) is 0 Å². The third-order valence-corrected chi connectivity index (χ3v) is 3.90. The first-order chi connectivity index (χ1) is 7.58. The molecule has 82 valence electrons. The molecular formula is C12H6Br2Cl2. The maximum Gasteiger partial charge on any atom is 0.0485 e. The Bertz CT molecular complexity index is 489. The van der Waals surface area contributed by atoms with Crippen LogP contribution >= 0.6 is 55.1 Å². The monoisotopic (exact) mass is 378 g/mol. The smallest absolute Gasteiger partial charge is 0.0485 e. The first-order valence-corrected chi connectivity index (χ1v) is 6.82. The van der Waals surface area contributed by atoms with Crippen molar-refractivity contribution in [1.29, 1.82) is 0 Å². The SMILES string of the molecule is Clc1ccc(Cl)c(-c2cc(Br)ccc2Br)c1. The van der Waals surface area contributed by atoms with Gasteiger partial charge in [0, 0.05) is 24.6 Å². The topological polar surface area (TPSA) is 0 Å². The Kier molecular flexibility index (Phi) is 3.96. The molecule has 0 spiro atoms. The molecule has 0 nitrogen and oxygen atoms in total. The minimum atomic E-state index is 0.672. The second kappa shape index (κ2) is 5.09. The van der Waals surface area contributed by atoms with E-state index in [0.29, 0.717) is 10.0 Å². The Labute approximate surface area is 121 Å². The molecular weight excluding hydrogens is 375 g/mol. The molecule has 4 heteroatoms. The Balaban J connectivity index is 2.66. The van der Waals surface area contributed by atoms with E-state index < -0.39 is 0 Å². The number of hydrogen-bond donors (Lipinski definition) is 0. The fourth-order valence-corrected chi connectivity index (χ4v) is 2.62. The molecule has 16 heavy (non-hydrogen) atoms. The molecule has 0 heterocycles. The van der Waals surface area contributed by atoms with Crippen LogP contribution in [0.4, 0.5) is 0 Å². The van der Waals surface area contributed by atoms with Gasteiger partial charge in [0.2, 0.25) is 0 Å². The lowest BCUT2D eigenvalue weighted by molar-refractivity contribution is 1.56. The third-order valence-electron chi connectivity index (χ3n) is 2.15. The van der Waals surface area contributed by atoms with Gasteiger partial charge in [-0.1, -0.05) is 55.1 Å². The first-order valence-electron chi connectivity index (χ1n) is 4.48. The van der Waals surface area contributed by atoms with Gasteiger partial charge in [0.15, 0.2) is 0 Å². The summed E-state index contributed by atoms with van der Waals surface area (Å²) in [4.78, 5) is 0. The van der Waals surface area contributed by atoms with Crippen LogP contribution in [-0.2, 0) is 0 Å². The van der Waals surface area contributed by atoms with Crippen molar-refractivity contribution < 1.29 is 0 Å². The highest BCUT2D eigenvalue weighted by Gasteiger charge is 2.08. The summed E-state index contributed by atoms with van der Waals surface area (Å²) in [6.45, 7) is 0. The molecule has 0 saturated carbocycles. The number of halogens is 4. The van der Waals surface area contributed by atoms with Gasteiger partial charge in [0.25, 0.3) is 0 Å². The molecule has 0 aliphatic carbocycles. The summed E-state index contributed by atoms with van der Waals surface area (Å²) in [6.07, 6.45) is 0. The van der Waals surface area contributed by atoms with E-state index in [1.54, 1.807) is 12.1 Å². The van der Waals surface area contributed by atoms with Crippen LogP contribution in [0.2, 0.25) is 10.0 Å². The quantitative estimate of drug-likeness (QED) is 0.553. The number of hydrogen-bond acceptors (Lipinski definition) is 0. The van der Waals surface area contributed by atoms with Crippen LogP contribution in [0.15, 0.2) is 45.3 Å². The van der Waals surface area contributed by atoms with Crippen LogP contribution in [0.25, 0.3) is 11.1 Å². The molecule has 0 aliphatic rings. The molecule has 0 atom stereocenters. The molecule has 0 aromatic heterocycles. The van der Waals surface area contributed by atoms with Crippen LogP contribution in [0.3, 0.4) is 0 Å². The summed E-state index contributed by atoms with van der Waals surface area (Å²) in [5.74, 6) is 0. The molecule has 0 radical (unpaired) electrons. The molecule has 2 rings (SSSR count). The Morgan fingerprint density at radius 2 is 1.56 bits per heavy atom. The van der Waals surface area contributed by atoms with Gasteiger partial charge in [0.05, 0.1) is 0 Å². The Hall–Kier alpha value is -0.0200. The highest BCUT2D eigenvalue weighted by molar-refractivity contribution is 9.11. The molecule has 0 aliphatic heterocycles. The van der Waals surface area contributed by atoms with Crippen molar-refractivity contribution in [2.24, 2.45) is 0 Å². The summed E-state index contributed by atoms with van der Waals surface area (Å²) in [7, 11) is 0. The van der Waals surface area contributed by atoms with Gasteiger partial charge in [-0.3, -0.25) is 0 Å². The molecule has 0 N–H and O–H groups in total. The number of rotatable bonds is 1. The lowest BCUT2D eigenvalue weighted by atomic mass is 10.1. The van der Waals surface area contributed by atoms with Gasteiger partial charge >= 0.3 is 0 Å². The van der Waals surface area contributed by atoms with Gasteiger partial charge in [-0.2, -0.15) is 0 Å². The van der Waals surface area contributed by atoms with E-state index >= 15 is 0 Å². The normalized spacial score (nSPS) is 10.5. The molecule has 2 aromatic rings. The van der Waals surface area contributed by atoms with E-state index in [-0.39, 0.29) is 0 Å². The largest absolute Gasteiger partial charge is 0.0843 e. The van der Waals surface area contributed by atoms with Crippen LogP contribution in [0, 0.1) is 0 Å². The molecule has 2 aromatic carbocycles. The average Bonchev–Trinajstić information content (AvgIpc) is 2.25. The highest BCUT2D eigenvalue weighted by atomic mass is 79.9. The lowest BCUT2D eigenvalue weighted by Crippen LogP contribution is -1.82. The zero-order valence-electron chi connectivity index (χ0n) is 7.98. The second-order valence-electron chi connectivity index (χ2n) is 3.25. The summed E-state index contributed by atoms with van der Waals surface area (Å²) in [6, 6.07) is 11.4. The fourth-order valence-electron chi connectivity index (χ4n) is 1.41. The summed E-state index contributed by atoms with van der Waals surface area (Å²) in [5, 5.41) is 1.36. The zero-order valence-corrected chi connectivity index (χ0v) is 12.7. The molecule has 0 bridgehead atoms. The van der Waals surface area contributed by atoms with E-state index in [1.807, 2.05) is 24.3 Å². The van der Waals surface area contributed by atoms with Crippen molar-refractivity contribution in [1.82, 2.24) is 0 Å². The number of benzene rings is 2. The third kappa shape index (κ3) is 2.62. The predicted molar refractivity (Wildman–Crippen MR) is 77.3 cm³/mol. The molecule has 0 amide bonds. The van der Waals surface area contributed by atoms with Gasteiger partial charge in [-0.25, -0.2) is 0 Å². The van der Waals surface area contributed by atoms with Crippen molar-refractivity contribution in [3.05, 3.63) is 55.4 Å². The zero-order chi connectivity index (χ0) is 11.7. The minimum absolute atomic E-state index is 0.672. The molecule has 0 unspecified atom stereocenters.